The zero-order valence-corrected chi connectivity index (χ0v) is 20.5. The number of hydrogen-bond donors (Lipinski definition) is 1. The van der Waals surface area contributed by atoms with E-state index in [-0.39, 0.29) is 59.8 Å². The second-order valence-electron chi connectivity index (χ2n) is 10.1. The summed E-state index contributed by atoms with van der Waals surface area (Å²) in [6.07, 6.45) is 1.76. The molecule has 0 spiro atoms. The van der Waals surface area contributed by atoms with Crippen LogP contribution < -0.4 is 5.32 Å². The van der Waals surface area contributed by atoms with E-state index >= 15 is 0 Å². The fourth-order valence-electron chi connectivity index (χ4n) is 4.10. The van der Waals surface area contributed by atoms with Gasteiger partial charge >= 0.3 is 6.09 Å². The lowest BCUT2D eigenvalue weighted by atomic mass is 9.80. The van der Waals surface area contributed by atoms with Gasteiger partial charge in [0.25, 0.3) is 0 Å². The molecule has 0 aliphatic carbocycles. The lowest BCUT2D eigenvalue weighted by Crippen LogP contribution is -2.64. The highest BCUT2D eigenvalue weighted by molar-refractivity contribution is 6.74. The van der Waals surface area contributed by atoms with Gasteiger partial charge in [0.2, 0.25) is 5.91 Å². The summed E-state index contributed by atoms with van der Waals surface area (Å²) in [6, 6.07) is -0.427. The predicted octanol–water partition coefficient (Wildman–Crippen LogP) is 3.50. The van der Waals surface area contributed by atoms with Gasteiger partial charge in [0.05, 0.1) is 12.0 Å². The van der Waals surface area contributed by atoms with Gasteiger partial charge in [-0.1, -0.05) is 33.4 Å². The Hall–Kier alpha value is -1.67. The minimum atomic E-state index is -2.01. The van der Waals surface area contributed by atoms with Gasteiger partial charge in [0, 0.05) is 31.0 Å². The molecule has 2 unspecified atom stereocenters. The van der Waals surface area contributed by atoms with Crippen LogP contribution in [-0.2, 0) is 18.8 Å². The van der Waals surface area contributed by atoms with Crippen LogP contribution in [0.3, 0.4) is 0 Å². The SMILES string of the molecule is C=CCOC(=O)N1CCC(C(=O)C[C@H]2NC(=O)[C@@H]2[C@@H](C)O[Si](C)(C)C(C)(C)C)C1C. The van der Waals surface area contributed by atoms with Crippen molar-refractivity contribution in [2.24, 2.45) is 11.8 Å². The van der Waals surface area contributed by atoms with Crippen molar-refractivity contribution in [2.75, 3.05) is 13.2 Å². The molecule has 7 nitrogen and oxygen atoms in total. The first kappa shape index (κ1) is 24.6. The molecule has 0 aromatic heterocycles. The van der Waals surface area contributed by atoms with E-state index in [1.807, 2.05) is 13.8 Å². The molecule has 0 saturated carbocycles. The average Bonchev–Trinajstić information content (AvgIpc) is 2.98. The summed E-state index contributed by atoms with van der Waals surface area (Å²) >= 11 is 0. The lowest BCUT2D eigenvalue weighted by Gasteiger charge is -2.45. The third-order valence-electron chi connectivity index (χ3n) is 7.01. The maximum atomic E-state index is 13.0. The number of ether oxygens (including phenoxy) is 1. The number of Topliss-reactive ketones (excluding diaryl/α,β-unsaturated/α-hetero) is 1. The third kappa shape index (κ3) is 5.14. The summed E-state index contributed by atoms with van der Waals surface area (Å²) in [5, 5.41) is 2.94. The number of amides is 2. The highest BCUT2D eigenvalue weighted by Crippen LogP contribution is 2.39. The van der Waals surface area contributed by atoms with Gasteiger partial charge in [0.1, 0.15) is 12.4 Å². The van der Waals surface area contributed by atoms with Crippen molar-refractivity contribution in [2.45, 2.75) is 83.8 Å². The Kier molecular flexibility index (Phi) is 7.56. The molecule has 2 heterocycles. The van der Waals surface area contributed by atoms with Crippen molar-refractivity contribution in [3.05, 3.63) is 12.7 Å². The summed E-state index contributed by atoms with van der Waals surface area (Å²) in [5.41, 5.74) is 0. The van der Waals surface area contributed by atoms with Crippen molar-refractivity contribution in [1.82, 2.24) is 10.2 Å². The molecule has 0 bridgehead atoms. The second kappa shape index (κ2) is 9.22. The van der Waals surface area contributed by atoms with Crippen LogP contribution in [-0.4, -0.2) is 62.3 Å². The highest BCUT2D eigenvalue weighted by Gasteiger charge is 2.49. The molecule has 2 aliphatic rings. The molecule has 0 radical (unpaired) electrons. The molecule has 2 saturated heterocycles. The van der Waals surface area contributed by atoms with Crippen molar-refractivity contribution in [3.8, 4) is 0 Å². The Balaban J connectivity index is 1.96. The maximum absolute atomic E-state index is 13.0. The number of β-lactam (4-membered cyclic amide) rings is 1. The van der Waals surface area contributed by atoms with Crippen LogP contribution in [0.15, 0.2) is 12.7 Å². The Bertz CT molecular complexity index is 688. The van der Waals surface area contributed by atoms with E-state index in [1.54, 1.807) is 4.90 Å². The standard InChI is InChI=1S/C22H38N2O5Si/c1-9-12-28-21(27)24-11-10-16(14(24)2)18(25)13-17-19(20(26)23-17)15(3)29-30(7,8)22(4,5)6/h9,14-17,19H,1,10-13H2,2-8H3,(H,23,26)/t14?,15-,16?,17-,19-/m1/s1. The summed E-state index contributed by atoms with van der Waals surface area (Å²) in [4.78, 5) is 39.0. The van der Waals surface area contributed by atoms with Crippen molar-refractivity contribution < 1.29 is 23.5 Å². The molecule has 2 aliphatic heterocycles. The fraction of sp³-hybridized carbons (Fsp3) is 0.773. The Labute approximate surface area is 181 Å². The molecular weight excluding hydrogens is 400 g/mol. The predicted molar refractivity (Wildman–Crippen MR) is 119 cm³/mol. The third-order valence-corrected chi connectivity index (χ3v) is 11.6. The quantitative estimate of drug-likeness (QED) is 0.356. The topological polar surface area (TPSA) is 84.9 Å². The van der Waals surface area contributed by atoms with Gasteiger partial charge < -0.3 is 19.4 Å². The molecule has 8 heteroatoms. The minimum Gasteiger partial charge on any atom is -0.445 e. The van der Waals surface area contributed by atoms with Gasteiger partial charge in [0.15, 0.2) is 8.32 Å². The van der Waals surface area contributed by atoms with Gasteiger partial charge in [-0.2, -0.15) is 0 Å². The van der Waals surface area contributed by atoms with E-state index in [1.165, 1.54) is 6.08 Å². The van der Waals surface area contributed by atoms with E-state index in [0.29, 0.717) is 13.0 Å². The van der Waals surface area contributed by atoms with E-state index in [4.69, 9.17) is 9.16 Å². The normalized spacial score (nSPS) is 27.8. The number of likely N-dealkylation sites (tertiary alicyclic amines) is 1. The van der Waals surface area contributed by atoms with Gasteiger partial charge in [-0.05, 0) is 38.4 Å². The summed E-state index contributed by atoms with van der Waals surface area (Å²) in [7, 11) is -2.01. The molecule has 5 atom stereocenters. The Morgan fingerprint density at radius 3 is 2.53 bits per heavy atom. The van der Waals surface area contributed by atoms with E-state index in [2.05, 4.69) is 45.8 Å². The smallest absolute Gasteiger partial charge is 0.410 e. The first-order valence-corrected chi connectivity index (χ1v) is 13.8. The van der Waals surface area contributed by atoms with Crippen molar-refractivity contribution in [3.63, 3.8) is 0 Å². The minimum absolute atomic E-state index is 0.0480. The molecular formula is C22H38N2O5Si. The van der Waals surface area contributed by atoms with Crippen LogP contribution in [0.1, 0.15) is 47.5 Å². The van der Waals surface area contributed by atoms with Crippen LogP contribution in [0.25, 0.3) is 0 Å². The van der Waals surface area contributed by atoms with Gasteiger partial charge in [-0.25, -0.2) is 4.79 Å². The number of nitrogens with zero attached hydrogens (tertiary/aromatic N) is 1. The molecule has 2 fully saturated rings. The average molecular weight is 439 g/mol. The fourth-order valence-corrected chi connectivity index (χ4v) is 5.53. The van der Waals surface area contributed by atoms with Crippen molar-refractivity contribution >= 4 is 26.1 Å². The molecule has 170 valence electrons. The van der Waals surface area contributed by atoms with Gasteiger partial charge in [-0.3, -0.25) is 9.59 Å². The summed E-state index contributed by atoms with van der Waals surface area (Å²) in [5.74, 6) is -0.520. The first-order chi connectivity index (χ1) is 13.8. The van der Waals surface area contributed by atoms with E-state index in [0.717, 1.165) is 0 Å². The number of carbonyl (C=O) groups is 3. The van der Waals surface area contributed by atoms with Crippen LogP contribution in [0.5, 0.6) is 0 Å². The molecule has 1 N–H and O–H groups in total. The van der Waals surface area contributed by atoms with Crippen molar-refractivity contribution in [1.29, 1.82) is 0 Å². The molecule has 0 aromatic rings. The van der Waals surface area contributed by atoms with E-state index < -0.39 is 14.4 Å². The number of carbonyl (C=O) groups excluding carboxylic acids is 3. The van der Waals surface area contributed by atoms with Crippen LogP contribution >= 0.6 is 0 Å². The molecule has 0 aromatic carbocycles. The van der Waals surface area contributed by atoms with Gasteiger partial charge in [-0.15, -0.1) is 0 Å². The molecule has 2 rings (SSSR count). The second-order valence-corrected chi connectivity index (χ2v) is 14.8. The number of ketones is 1. The van der Waals surface area contributed by atoms with Crippen LogP contribution in [0.4, 0.5) is 4.79 Å². The number of hydrogen-bond acceptors (Lipinski definition) is 5. The largest absolute Gasteiger partial charge is 0.445 e. The number of nitrogens with one attached hydrogen (secondary N) is 1. The van der Waals surface area contributed by atoms with Crippen LogP contribution in [0.2, 0.25) is 18.1 Å². The Morgan fingerprint density at radius 2 is 2.00 bits per heavy atom. The van der Waals surface area contributed by atoms with Crippen LogP contribution in [0, 0.1) is 11.8 Å². The summed E-state index contributed by atoms with van der Waals surface area (Å²) in [6.45, 7) is 18.9. The highest BCUT2D eigenvalue weighted by atomic mass is 28.4. The first-order valence-electron chi connectivity index (χ1n) is 10.9. The molecule has 2 amide bonds. The number of rotatable bonds is 8. The maximum Gasteiger partial charge on any atom is 0.410 e. The Morgan fingerprint density at radius 1 is 1.37 bits per heavy atom. The summed E-state index contributed by atoms with van der Waals surface area (Å²) < 4.78 is 11.5. The zero-order valence-electron chi connectivity index (χ0n) is 19.5. The van der Waals surface area contributed by atoms with E-state index in [9.17, 15) is 14.4 Å². The lowest BCUT2D eigenvalue weighted by molar-refractivity contribution is -0.141. The monoisotopic (exact) mass is 438 g/mol. The zero-order chi connectivity index (χ0) is 22.9. The molecule has 30 heavy (non-hydrogen) atoms.